The molecule has 2 N–H and O–H groups in total. The largest absolute Gasteiger partial charge is 0.328 e. The third kappa shape index (κ3) is 5.19. The van der Waals surface area contributed by atoms with Crippen LogP contribution in [-0.2, 0) is 13.0 Å². The molecule has 0 heterocycles. The number of hydrogen-bond acceptors (Lipinski definition) is 2. The molecule has 128 valence electrons. The third-order valence-corrected chi connectivity index (χ3v) is 5.24. The molecule has 1 aliphatic rings. The second-order valence-electron chi connectivity index (χ2n) is 7.11. The predicted octanol–water partition coefficient (Wildman–Crippen LogP) is 4.39. The summed E-state index contributed by atoms with van der Waals surface area (Å²) in [6.07, 6.45) is 7.24. The molecule has 0 bridgehead atoms. The Kier molecular flexibility index (Phi) is 6.45. The molecule has 2 aromatic rings. The van der Waals surface area contributed by atoms with Gasteiger partial charge in [-0.15, -0.1) is 0 Å². The lowest BCUT2D eigenvalue weighted by molar-refractivity contribution is 0.140. The molecule has 3 rings (SSSR count). The van der Waals surface area contributed by atoms with Crippen LogP contribution in [0.2, 0.25) is 0 Å². The molecule has 1 aliphatic carbocycles. The van der Waals surface area contributed by atoms with Crippen molar-refractivity contribution in [3.8, 4) is 0 Å². The van der Waals surface area contributed by atoms with Gasteiger partial charge in [0.1, 0.15) is 0 Å². The second-order valence-corrected chi connectivity index (χ2v) is 7.11. The highest BCUT2D eigenvalue weighted by Crippen LogP contribution is 2.24. The molecule has 0 amide bonds. The van der Waals surface area contributed by atoms with Gasteiger partial charge in [-0.25, -0.2) is 0 Å². The Bertz CT molecular complexity index is 573. The van der Waals surface area contributed by atoms with Gasteiger partial charge in [-0.1, -0.05) is 60.7 Å². The Morgan fingerprint density at radius 1 is 0.792 bits per heavy atom. The third-order valence-electron chi connectivity index (χ3n) is 5.24. The summed E-state index contributed by atoms with van der Waals surface area (Å²) in [4.78, 5) is 2.70. The quantitative estimate of drug-likeness (QED) is 0.819. The maximum atomic E-state index is 6.11. The molecule has 1 saturated carbocycles. The van der Waals surface area contributed by atoms with Crippen LogP contribution < -0.4 is 5.73 Å². The molecule has 0 saturated heterocycles. The Morgan fingerprint density at radius 3 is 2.00 bits per heavy atom. The first kappa shape index (κ1) is 17.2. The first-order valence-corrected chi connectivity index (χ1v) is 9.39. The van der Waals surface area contributed by atoms with E-state index in [4.69, 9.17) is 5.73 Å². The summed E-state index contributed by atoms with van der Waals surface area (Å²) in [6, 6.07) is 22.9. The molecule has 0 aromatic heterocycles. The van der Waals surface area contributed by atoms with E-state index in [0.717, 1.165) is 6.54 Å². The number of hydrogen-bond donors (Lipinski definition) is 1. The number of benzene rings is 2. The molecule has 2 nitrogen and oxygen atoms in total. The summed E-state index contributed by atoms with van der Waals surface area (Å²) < 4.78 is 0. The van der Waals surface area contributed by atoms with E-state index in [1.807, 2.05) is 0 Å². The monoisotopic (exact) mass is 322 g/mol. The van der Waals surface area contributed by atoms with E-state index in [1.54, 1.807) is 0 Å². The average molecular weight is 322 g/mol. The van der Waals surface area contributed by atoms with Gasteiger partial charge in [0.05, 0.1) is 0 Å². The minimum absolute atomic E-state index is 0.421. The molecular weight excluding hydrogens is 292 g/mol. The van der Waals surface area contributed by atoms with Crippen molar-refractivity contribution in [2.24, 2.45) is 5.73 Å². The minimum Gasteiger partial charge on any atom is -0.328 e. The Labute approximate surface area is 146 Å². The molecule has 1 fully saturated rings. The molecule has 0 spiro atoms. The lowest BCUT2D eigenvalue weighted by Crippen LogP contribution is -2.41. The van der Waals surface area contributed by atoms with E-state index in [9.17, 15) is 0 Å². The smallest absolute Gasteiger partial charge is 0.0236 e. The van der Waals surface area contributed by atoms with Gasteiger partial charge in [0.25, 0.3) is 0 Å². The van der Waals surface area contributed by atoms with Gasteiger partial charge >= 0.3 is 0 Å². The Balaban J connectivity index is 1.58. The van der Waals surface area contributed by atoms with Crippen LogP contribution in [0.4, 0.5) is 0 Å². The normalized spacial score (nSPS) is 21.1. The highest BCUT2D eigenvalue weighted by atomic mass is 15.2. The van der Waals surface area contributed by atoms with Crippen molar-refractivity contribution in [3.05, 3.63) is 71.8 Å². The SMILES string of the molecule is NC1CCC(N(CCCc2ccccc2)Cc2ccccc2)CC1. The van der Waals surface area contributed by atoms with E-state index in [0.29, 0.717) is 12.1 Å². The number of nitrogens with zero attached hydrogens (tertiary/aromatic N) is 1. The Hall–Kier alpha value is -1.64. The van der Waals surface area contributed by atoms with Gasteiger partial charge in [-0.3, -0.25) is 4.90 Å². The van der Waals surface area contributed by atoms with E-state index >= 15 is 0 Å². The van der Waals surface area contributed by atoms with Crippen LogP contribution in [0.5, 0.6) is 0 Å². The summed E-state index contributed by atoms with van der Waals surface area (Å²) >= 11 is 0. The highest BCUT2D eigenvalue weighted by molar-refractivity contribution is 5.16. The Morgan fingerprint density at radius 2 is 1.38 bits per heavy atom. The fourth-order valence-corrected chi connectivity index (χ4v) is 3.81. The second kappa shape index (κ2) is 9.00. The molecule has 2 aromatic carbocycles. The molecule has 0 atom stereocenters. The van der Waals surface area contributed by atoms with Crippen LogP contribution in [0.1, 0.15) is 43.2 Å². The zero-order valence-corrected chi connectivity index (χ0v) is 14.6. The first-order valence-electron chi connectivity index (χ1n) is 9.39. The van der Waals surface area contributed by atoms with E-state index < -0.39 is 0 Å². The van der Waals surface area contributed by atoms with Crippen molar-refractivity contribution in [3.63, 3.8) is 0 Å². The maximum Gasteiger partial charge on any atom is 0.0236 e. The summed E-state index contributed by atoms with van der Waals surface area (Å²) in [5.74, 6) is 0. The molecule has 2 heteroatoms. The van der Waals surface area contributed by atoms with E-state index in [-0.39, 0.29) is 0 Å². The fraction of sp³-hybridized carbons (Fsp3) is 0.455. The molecule has 0 unspecified atom stereocenters. The van der Waals surface area contributed by atoms with Crippen molar-refractivity contribution >= 4 is 0 Å². The zero-order chi connectivity index (χ0) is 16.6. The van der Waals surface area contributed by atoms with Crippen LogP contribution in [-0.4, -0.2) is 23.5 Å². The van der Waals surface area contributed by atoms with Crippen molar-refractivity contribution in [1.29, 1.82) is 0 Å². The lowest BCUT2D eigenvalue weighted by atomic mass is 9.90. The van der Waals surface area contributed by atoms with Gasteiger partial charge in [0.2, 0.25) is 0 Å². The molecule has 0 radical (unpaired) electrons. The topological polar surface area (TPSA) is 29.3 Å². The van der Waals surface area contributed by atoms with Crippen molar-refractivity contribution in [2.45, 2.75) is 57.2 Å². The zero-order valence-electron chi connectivity index (χ0n) is 14.6. The van der Waals surface area contributed by atoms with Crippen LogP contribution in [0.15, 0.2) is 60.7 Å². The molecule has 24 heavy (non-hydrogen) atoms. The summed E-state index contributed by atoms with van der Waals surface area (Å²) in [5.41, 5.74) is 8.98. The summed E-state index contributed by atoms with van der Waals surface area (Å²) in [7, 11) is 0. The average Bonchev–Trinajstić information content (AvgIpc) is 2.63. The summed E-state index contributed by atoms with van der Waals surface area (Å²) in [6.45, 7) is 2.24. The van der Waals surface area contributed by atoms with Crippen LogP contribution in [0, 0.1) is 0 Å². The number of aryl methyl sites for hydroxylation is 1. The molecule has 0 aliphatic heterocycles. The van der Waals surface area contributed by atoms with Crippen LogP contribution in [0.3, 0.4) is 0 Å². The van der Waals surface area contributed by atoms with Crippen LogP contribution in [0.25, 0.3) is 0 Å². The minimum atomic E-state index is 0.421. The van der Waals surface area contributed by atoms with Gasteiger partial charge < -0.3 is 5.73 Å². The van der Waals surface area contributed by atoms with Gasteiger partial charge in [-0.2, -0.15) is 0 Å². The van der Waals surface area contributed by atoms with E-state index in [2.05, 4.69) is 65.6 Å². The predicted molar refractivity (Wildman–Crippen MR) is 102 cm³/mol. The van der Waals surface area contributed by atoms with Crippen molar-refractivity contribution in [2.75, 3.05) is 6.54 Å². The van der Waals surface area contributed by atoms with Crippen LogP contribution >= 0.6 is 0 Å². The summed E-state index contributed by atoms with van der Waals surface area (Å²) in [5, 5.41) is 0. The van der Waals surface area contributed by atoms with Gasteiger partial charge in [-0.05, 0) is 56.2 Å². The lowest BCUT2D eigenvalue weighted by Gasteiger charge is -2.36. The van der Waals surface area contributed by atoms with Crippen molar-refractivity contribution in [1.82, 2.24) is 4.90 Å². The first-order chi connectivity index (χ1) is 11.8. The standard InChI is InChI=1S/C22H30N2/c23-21-13-15-22(16-14-21)24(18-20-10-5-2-6-11-20)17-7-12-19-8-3-1-4-9-19/h1-6,8-11,21-22H,7,12-18,23H2. The highest BCUT2D eigenvalue weighted by Gasteiger charge is 2.24. The van der Waals surface area contributed by atoms with Gasteiger partial charge in [0.15, 0.2) is 0 Å². The number of nitrogens with two attached hydrogens (primary N) is 1. The fourth-order valence-electron chi connectivity index (χ4n) is 3.81. The molecular formula is C22H30N2. The van der Waals surface area contributed by atoms with E-state index in [1.165, 1.54) is 56.2 Å². The maximum absolute atomic E-state index is 6.11. The van der Waals surface area contributed by atoms with Gasteiger partial charge in [0, 0.05) is 18.6 Å². The number of rotatable bonds is 7. The van der Waals surface area contributed by atoms with Crippen molar-refractivity contribution < 1.29 is 0 Å².